The average molecular weight is 343 g/mol. The number of halogens is 1. The molecule has 1 aromatic rings. The van der Waals surface area contributed by atoms with Crippen LogP contribution in [-0.4, -0.2) is 22.6 Å². The first-order chi connectivity index (χ1) is 9.28. The van der Waals surface area contributed by atoms with Crippen LogP contribution >= 0.6 is 15.9 Å². The summed E-state index contributed by atoms with van der Waals surface area (Å²) < 4.78 is 0.957. The summed E-state index contributed by atoms with van der Waals surface area (Å²) in [7, 11) is 0. The second-order valence-corrected chi connectivity index (χ2v) is 6.13. The van der Waals surface area contributed by atoms with Crippen molar-refractivity contribution in [1.29, 1.82) is 0 Å². The van der Waals surface area contributed by atoms with Crippen LogP contribution in [0.1, 0.15) is 32.3 Å². The van der Waals surface area contributed by atoms with Gasteiger partial charge in [-0.2, -0.15) is 0 Å². The number of hydrogen-bond donors (Lipinski definition) is 3. The highest BCUT2D eigenvalue weighted by Crippen LogP contribution is 2.12. The predicted molar refractivity (Wildman–Crippen MR) is 80.5 cm³/mol. The molecule has 0 aliphatic rings. The second kappa shape index (κ2) is 7.28. The molecule has 0 radical (unpaired) electrons. The molecule has 0 aromatic heterocycles. The Bertz CT molecular complexity index is 489. The normalized spacial score (nSPS) is 10.9. The molecular formula is C14H19BrN2O3. The lowest BCUT2D eigenvalue weighted by Gasteiger charge is -2.25. The van der Waals surface area contributed by atoms with Gasteiger partial charge in [-0.1, -0.05) is 28.1 Å². The van der Waals surface area contributed by atoms with E-state index in [1.807, 2.05) is 24.3 Å². The Morgan fingerprint density at radius 1 is 1.35 bits per heavy atom. The van der Waals surface area contributed by atoms with E-state index in [0.29, 0.717) is 13.0 Å². The van der Waals surface area contributed by atoms with Crippen molar-refractivity contribution in [2.75, 3.05) is 0 Å². The van der Waals surface area contributed by atoms with Crippen LogP contribution in [0.4, 0.5) is 4.79 Å². The molecule has 5 nitrogen and oxygen atoms in total. The Labute approximate surface area is 126 Å². The standard InChI is InChI=1S/C14H19BrN2O3/c1-14(2,7-6-12(18)19)17-13(20)16-9-10-4-3-5-11(15)8-10/h3-5,8H,6-7,9H2,1-2H3,(H,18,19)(H2,16,17,20). The van der Waals surface area contributed by atoms with Crippen LogP contribution in [-0.2, 0) is 11.3 Å². The molecule has 2 amide bonds. The van der Waals surface area contributed by atoms with Gasteiger partial charge in [0.15, 0.2) is 0 Å². The van der Waals surface area contributed by atoms with Crippen LogP contribution < -0.4 is 10.6 Å². The fourth-order valence-electron chi connectivity index (χ4n) is 1.66. The van der Waals surface area contributed by atoms with E-state index >= 15 is 0 Å². The molecule has 110 valence electrons. The van der Waals surface area contributed by atoms with Gasteiger partial charge in [-0.25, -0.2) is 4.79 Å². The van der Waals surface area contributed by atoms with Gasteiger partial charge < -0.3 is 15.7 Å². The first kappa shape index (κ1) is 16.5. The number of carboxylic acid groups (broad SMARTS) is 1. The van der Waals surface area contributed by atoms with Gasteiger partial charge in [-0.15, -0.1) is 0 Å². The highest BCUT2D eigenvalue weighted by molar-refractivity contribution is 9.10. The Morgan fingerprint density at radius 2 is 2.05 bits per heavy atom. The number of carbonyl (C=O) groups is 2. The average Bonchev–Trinajstić information content (AvgIpc) is 2.34. The minimum absolute atomic E-state index is 0.0267. The van der Waals surface area contributed by atoms with E-state index in [4.69, 9.17) is 5.11 Å². The molecule has 0 aliphatic carbocycles. The second-order valence-electron chi connectivity index (χ2n) is 5.22. The lowest BCUT2D eigenvalue weighted by Crippen LogP contribution is -2.48. The summed E-state index contributed by atoms with van der Waals surface area (Å²) in [5.41, 5.74) is 0.428. The van der Waals surface area contributed by atoms with E-state index < -0.39 is 11.5 Å². The van der Waals surface area contributed by atoms with Crippen molar-refractivity contribution in [3.8, 4) is 0 Å². The molecule has 20 heavy (non-hydrogen) atoms. The SMILES string of the molecule is CC(C)(CCC(=O)O)NC(=O)NCc1cccc(Br)c1. The Kier molecular flexibility index (Phi) is 6.01. The monoisotopic (exact) mass is 342 g/mol. The van der Waals surface area contributed by atoms with Crippen LogP contribution in [0.2, 0.25) is 0 Å². The third-order valence-electron chi connectivity index (χ3n) is 2.76. The molecule has 0 aliphatic heterocycles. The summed E-state index contributed by atoms with van der Waals surface area (Å²) in [5.74, 6) is -0.866. The van der Waals surface area contributed by atoms with Crippen LogP contribution in [0.3, 0.4) is 0 Å². The molecular weight excluding hydrogens is 324 g/mol. The zero-order valence-corrected chi connectivity index (χ0v) is 13.2. The number of benzene rings is 1. The molecule has 0 heterocycles. The topological polar surface area (TPSA) is 78.4 Å². The van der Waals surface area contributed by atoms with E-state index in [2.05, 4.69) is 26.6 Å². The first-order valence-corrected chi connectivity index (χ1v) is 7.10. The molecule has 0 bridgehead atoms. The van der Waals surface area contributed by atoms with Gasteiger partial charge in [0, 0.05) is 23.0 Å². The molecule has 6 heteroatoms. The fourth-order valence-corrected chi connectivity index (χ4v) is 2.11. The van der Waals surface area contributed by atoms with E-state index in [0.717, 1.165) is 10.0 Å². The van der Waals surface area contributed by atoms with Crippen molar-refractivity contribution in [2.24, 2.45) is 0 Å². The van der Waals surface area contributed by atoms with Crippen LogP contribution in [0, 0.1) is 0 Å². The molecule has 0 saturated carbocycles. The number of amides is 2. The summed E-state index contributed by atoms with van der Waals surface area (Å²) in [4.78, 5) is 22.3. The summed E-state index contributed by atoms with van der Waals surface area (Å²) in [6, 6.07) is 7.35. The maximum absolute atomic E-state index is 11.8. The minimum atomic E-state index is -0.866. The predicted octanol–water partition coefficient (Wildman–Crippen LogP) is 2.89. The van der Waals surface area contributed by atoms with E-state index in [-0.39, 0.29) is 12.5 Å². The third kappa shape index (κ3) is 6.56. The number of aliphatic carboxylic acids is 1. The van der Waals surface area contributed by atoms with Crippen molar-refractivity contribution in [3.05, 3.63) is 34.3 Å². The molecule has 0 atom stereocenters. The van der Waals surface area contributed by atoms with Gasteiger partial charge >= 0.3 is 12.0 Å². The van der Waals surface area contributed by atoms with Crippen LogP contribution in [0.5, 0.6) is 0 Å². The Hall–Kier alpha value is -1.56. The Balaban J connectivity index is 2.41. The van der Waals surface area contributed by atoms with E-state index in [9.17, 15) is 9.59 Å². The van der Waals surface area contributed by atoms with Gasteiger partial charge in [0.25, 0.3) is 0 Å². The molecule has 0 saturated heterocycles. The lowest BCUT2D eigenvalue weighted by atomic mass is 9.99. The summed E-state index contributed by atoms with van der Waals surface area (Å²) >= 11 is 3.37. The van der Waals surface area contributed by atoms with Gasteiger partial charge in [-0.3, -0.25) is 4.79 Å². The van der Waals surface area contributed by atoms with E-state index in [1.54, 1.807) is 13.8 Å². The highest BCUT2D eigenvalue weighted by Gasteiger charge is 2.21. The quantitative estimate of drug-likeness (QED) is 0.743. The molecule has 1 rings (SSSR count). The van der Waals surface area contributed by atoms with Crippen LogP contribution in [0.25, 0.3) is 0 Å². The summed E-state index contributed by atoms with van der Waals surface area (Å²) in [6.07, 6.45) is 0.408. The number of rotatable bonds is 6. The first-order valence-electron chi connectivity index (χ1n) is 6.31. The summed E-state index contributed by atoms with van der Waals surface area (Å²) in [6.45, 7) is 4.02. The van der Waals surface area contributed by atoms with Gasteiger partial charge in [0.2, 0.25) is 0 Å². The maximum atomic E-state index is 11.8. The zero-order chi connectivity index (χ0) is 15.2. The summed E-state index contributed by atoms with van der Waals surface area (Å²) in [5, 5.41) is 14.2. The van der Waals surface area contributed by atoms with Crippen molar-refractivity contribution in [3.63, 3.8) is 0 Å². The number of nitrogens with one attached hydrogen (secondary N) is 2. The van der Waals surface area contributed by atoms with Crippen molar-refractivity contribution < 1.29 is 14.7 Å². The Morgan fingerprint density at radius 3 is 2.65 bits per heavy atom. The van der Waals surface area contributed by atoms with Crippen molar-refractivity contribution in [2.45, 2.75) is 38.8 Å². The number of carboxylic acids is 1. The van der Waals surface area contributed by atoms with Gasteiger partial charge in [0.05, 0.1) is 0 Å². The maximum Gasteiger partial charge on any atom is 0.315 e. The van der Waals surface area contributed by atoms with Crippen LogP contribution in [0.15, 0.2) is 28.7 Å². The number of urea groups is 1. The van der Waals surface area contributed by atoms with Crippen molar-refractivity contribution >= 4 is 27.9 Å². The largest absolute Gasteiger partial charge is 0.481 e. The van der Waals surface area contributed by atoms with Gasteiger partial charge in [0.1, 0.15) is 0 Å². The third-order valence-corrected chi connectivity index (χ3v) is 3.25. The van der Waals surface area contributed by atoms with E-state index in [1.165, 1.54) is 0 Å². The molecule has 1 aromatic carbocycles. The molecule has 0 fully saturated rings. The zero-order valence-electron chi connectivity index (χ0n) is 11.6. The fraction of sp³-hybridized carbons (Fsp3) is 0.429. The lowest BCUT2D eigenvalue weighted by molar-refractivity contribution is -0.137. The highest BCUT2D eigenvalue weighted by atomic mass is 79.9. The van der Waals surface area contributed by atoms with Gasteiger partial charge in [-0.05, 0) is 38.0 Å². The minimum Gasteiger partial charge on any atom is -0.481 e. The molecule has 0 spiro atoms. The number of hydrogen-bond acceptors (Lipinski definition) is 2. The molecule has 0 unspecified atom stereocenters. The molecule has 3 N–H and O–H groups in total. The smallest absolute Gasteiger partial charge is 0.315 e. The number of carbonyl (C=O) groups excluding carboxylic acids is 1. The van der Waals surface area contributed by atoms with Crippen molar-refractivity contribution in [1.82, 2.24) is 10.6 Å².